The van der Waals surface area contributed by atoms with Crippen LogP contribution < -0.4 is 4.74 Å². The molecule has 0 radical (unpaired) electrons. The quantitative estimate of drug-likeness (QED) is 0.188. The van der Waals surface area contributed by atoms with Gasteiger partial charge < -0.3 is 9.84 Å². The predicted molar refractivity (Wildman–Crippen MR) is 147 cm³/mol. The Labute approximate surface area is 237 Å². The van der Waals surface area contributed by atoms with Crippen LogP contribution in [0.3, 0.4) is 0 Å². The average Bonchev–Trinajstić information content (AvgIpc) is 2.88. The Bertz CT molecular complexity index is 1430. The summed E-state index contributed by atoms with van der Waals surface area (Å²) in [5, 5.41) is 9.18. The fraction of sp³-hybridized carbons (Fsp3) is 0.400. The fourth-order valence-corrected chi connectivity index (χ4v) is 5.73. The molecule has 0 fully saturated rings. The molecular weight excluding hydrogens is 565 g/mol. The molecule has 224 valence electrons. The van der Waals surface area contributed by atoms with Gasteiger partial charge in [0.15, 0.2) is 9.84 Å². The smallest absolute Gasteiger partial charge is 0.419 e. The van der Waals surface area contributed by atoms with E-state index in [9.17, 15) is 35.5 Å². The number of aliphatic hydroxyl groups excluding tert-OH is 1. The topological polar surface area (TPSA) is 66.8 Å². The highest BCUT2D eigenvalue weighted by atomic mass is 32.2. The van der Waals surface area contributed by atoms with Crippen LogP contribution in [0.15, 0.2) is 65.6 Å². The molecule has 0 aromatic heterocycles. The van der Waals surface area contributed by atoms with Gasteiger partial charge in [-0.1, -0.05) is 56.3 Å². The molecule has 1 N–H and O–H groups in total. The number of rotatable bonds is 13. The zero-order valence-corrected chi connectivity index (χ0v) is 24.0. The lowest BCUT2D eigenvalue weighted by atomic mass is 9.84. The summed E-state index contributed by atoms with van der Waals surface area (Å²) in [5.74, 6) is -2.14. The van der Waals surface area contributed by atoms with Crippen molar-refractivity contribution in [1.82, 2.24) is 4.90 Å². The second-order valence-corrected chi connectivity index (χ2v) is 12.6. The van der Waals surface area contributed by atoms with Gasteiger partial charge in [-0.2, -0.15) is 13.2 Å². The maximum Gasteiger partial charge on any atom is 0.419 e. The first kappa shape index (κ1) is 32.5. The summed E-state index contributed by atoms with van der Waals surface area (Å²) in [7, 11) is -3.80. The van der Waals surface area contributed by atoms with E-state index < -0.39 is 45.2 Å². The van der Waals surface area contributed by atoms with Gasteiger partial charge in [0, 0.05) is 55.1 Å². The standard InChI is InChI=1S/C30H34F5NO4S/c1-29(2,22-10-5-4-6-11-22)20-36(19-21-9-7-12-25(28(21)32)30(33,34)35)14-8-16-40-23-17-26(31)24(13-15-37)27(18-23)41(3,38)39/h4-7,9-12,17-18,37H,8,13-16,19-20H2,1-3H3. The zero-order chi connectivity index (χ0) is 30.4. The number of nitrogens with zero attached hydrogens (tertiary/aromatic N) is 1. The van der Waals surface area contributed by atoms with E-state index in [-0.39, 0.29) is 41.3 Å². The number of aliphatic hydroxyl groups is 1. The molecule has 0 heterocycles. The Hall–Kier alpha value is -3.02. The number of halogens is 5. The summed E-state index contributed by atoms with van der Waals surface area (Å²) in [5.41, 5.74) is -0.980. The lowest BCUT2D eigenvalue weighted by Crippen LogP contribution is -2.38. The van der Waals surface area contributed by atoms with E-state index in [1.165, 1.54) is 18.2 Å². The van der Waals surface area contributed by atoms with Crippen molar-refractivity contribution >= 4 is 9.84 Å². The van der Waals surface area contributed by atoms with Crippen LogP contribution in [0.5, 0.6) is 5.75 Å². The lowest BCUT2D eigenvalue weighted by molar-refractivity contribution is -0.140. The van der Waals surface area contributed by atoms with Gasteiger partial charge in [0.25, 0.3) is 0 Å². The summed E-state index contributed by atoms with van der Waals surface area (Å²) in [6.07, 6.45) is -3.73. The third-order valence-electron chi connectivity index (χ3n) is 6.73. The second kappa shape index (κ2) is 13.3. The van der Waals surface area contributed by atoms with Gasteiger partial charge in [0.1, 0.15) is 17.4 Å². The van der Waals surface area contributed by atoms with E-state index in [0.29, 0.717) is 25.6 Å². The highest BCUT2D eigenvalue weighted by Gasteiger charge is 2.35. The third-order valence-corrected chi connectivity index (χ3v) is 7.89. The van der Waals surface area contributed by atoms with E-state index in [1.54, 1.807) is 0 Å². The molecule has 0 unspecified atom stereocenters. The Kier molecular flexibility index (Phi) is 10.5. The maximum atomic E-state index is 14.9. The highest BCUT2D eigenvalue weighted by molar-refractivity contribution is 7.90. The first-order valence-electron chi connectivity index (χ1n) is 13.0. The monoisotopic (exact) mass is 599 g/mol. The van der Waals surface area contributed by atoms with Crippen LogP contribution in [-0.4, -0.2) is 51.0 Å². The molecule has 3 rings (SSSR count). The molecule has 0 atom stereocenters. The van der Waals surface area contributed by atoms with Crippen LogP contribution in [0, 0.1) is 11.6 Å². The summed E-state index contributed by atoms with van der Waals surface area (Å²) in [4.78, 5) is 1.56. The summed E-state index contributed by atoms with van der Waals surface area (Å²) < 4.78 is 99.5. The number of ether oxygens (including phenoxy) is 1. The van der Waals surface area contributed by atoms with E-state index in [0.717, 1.165) is 17.9 Å². The molecular formula is C30H34F5NO4S. The van der Waals surface area contributed by atoms with Crippen LogP contribution in [-0.2, 0) is 34.4 Å². The van der Waals surface area contributed by atoms with Crippen LogP contribution in [0.1, 0.15) is 42.5 Å². The fourth-order valence-electron chi connectivity index (χ4n) is 4.75. The molecule has 0 saturated carbocycles. The molecule has 3 aromatic rings. The van der Waals surface area contributed by atoms with E-state index in [4.69, 9.17) is 4.74 Å². The minimum absolute atomic E-state index is 0.00953. The van der Waals surface area contributed by atoms with Crippen molar-refractivity contribution in [3.63, 3.8) is 0 Å². The molecule has 0 bridgehead atoms. The minimum Gasteiger partial charge on any atom is -0.493 e. The zero-order valence-electron chi connectivity index (χ0n) is 23.1. The van der Waals surface area contributed by atoms with Crippen molar-refractivity contribution in [1.29, 1.82) is 0 Å². The maximum absolute atomic E-state index is 14.9. The van der Waals surface area contributed by atoms with Gasteiger partial charge in [-0.15, -0.1) is 0 Å². The largest absolute Gasteiger partial charge is 0.493 e. The van der Waals surface area contributed by atoms with Gasteiger partial charge in [0.2, 0.25) is 0 Å². The summed E-state index contributed by atoms with van der Waals surface area (Å²) in [6.45, 7) is 4.17. The van der Waals surface area contributed by atoms with E-state index >= 15 is 0 Å². The number of sulfone groups is 1. The Morgan fingerprint density at radius 1 is 0.976 bits per heavy atom. The Morgan fingerprint density at radius 2 is 1.66 bits per heavy atom. The van der Waals surface area contributed by atoms with E-state index in [2.05, 4.69) is 0 Å². The average molecular weight is 600 g/mol. The molecule has 11 heteroatoms. The van der Waals surface area contributed by atoms with Crippen LogP contribution in [0.2, 0.25) is 0 Å². The minimum atomic E-state index is -4.82. The SMILES string of the molecule is CC(C)(CN(CCCOc1cc(F)c(CCO)c(S(C)(=O)=O)c1)Cc1cccc(C(F)(F)F)c1F)c1ccccc1. The molecule has 5 nitrogen and oxygen atoms in total. The number of hydrogen-bond acceptors (Lipinski definition) is 5. The predicted octanol–water partition coefficient (Wildman–Crippen LogP) is 6.17. The highest BCUT2D eigenvalue weighted by Crippen LogP contribution is 2.33. The summed E-state index contributed by atoms with van der Waals surface area (Å²) in [6, 6.07) is 15.0. The van der Waals surface area contributed by atoms with Gasteiger partial charge in [-0.25, -0.2) is 17.2 Å². The van der Waals surface area contributed by atoms with Crippen molar-refractivity contribution in [2.24, 2.45) is 0 Å². The van der Waals surface area contributed by atoms with Crippen molar-refractivity contribution in [3.05, 3.63) is 94.6 Å². The molecule has 3 aromatic carbocycles. The van der Waals surface area contributed by atoms with Gasteiger partial charge in [0.05, 0.1) is 17.1 Å². The molecule has 41 heavy (non-hydrogen) atoms. The summed E-state index contributed by atoms with van der Waals surface area (Å²) >= 11 is 0. The van der Waals surface area contributed by atoms with Crippen LogP contribution in [0.25, 0.3) is 0 Å². The van der Waals surface area contributed by atoms with Crippen molar-refractivity contribution in [3.8, 4) is 5.75 Å². The molecule has 0 saturated heterocycles. The molecule has 0 spiro atoms. The van der Waals surface area contributed by atoms with E-state index in [1.807, 2.05) is 49.1 Å². The first-order valence-corrected chi connectivity index (χ1v) is 14.9. The third kappa shape index (κ3) is 8.73. The van der Waals surface area contributed by atoms with Gasteiger partial charge >= 0.3 is 6.18 Å². The normalized spacial score (nSPS) is 12.6. The van der Waals surface area contributed by atoms with Gasteiger partial charge in [-0.3, -0.25) is 4.90 Å². The molecule has 0 amide bonds. The number of benzene rings is 3. The Morgan fingerprint density at radius 3 is 2.27 bits per heavy atom. The first-order chi connectivity index (χ1) is 19.1. The second-order valence-electron chi connectivity index (χ2n) is 10.6. The van der Waals surface area contributed by atoms with Crippen molar-refractivity contribution < 1.29 is 40.2 Å². The van der Waals surface area contributed by atoms with Crippen LogP contribution in [0.4, 0.5) is 22.0 Å². The molecule has 0 aliphatic rings. The Balaban J connectivity index is 1.79. The van der Waals surface area contributed by atoms with Crippen molar-refractivity contribution in [2.75, 3.05) is 32.6 Å². The number of alkyl halides is 3. The lowest BCUT2D eigenvalue weighted by Gasteiger charge is -2.33. The van der Waals surface area contributed by atoms with Gasteiger partial charge in [-0.05, 0) is 30.5 Å². The molecule has 0 aliphatic carbocycles. The number of hydrogen-bond donors (Lipinski definition) is 1. The molecule has 0 aliphatic heterocycles. The van der Waals surface area contributed by atoms with Crippen molar-refractivity contribution in [2.45, 2.75) is 49.7 Å². The van der Waals surface area contributed by atoms with Crippen LogP contribution >= 0.6 is 0 Å².